The van der Waals surface area contributed by atoms with Gasteiger partial charge in [0.1, 0.15) is 0 Å². The molecule has 0 saturated carbocycles. The van der Waals surface area contributed by atoms with Crippen LogP contribution < -0.4 is 4.72 Å². The molecule has 2 N–H and O–H groups in total. The molecule has 1 heterocycles. The number of nitrogens with one attached hydrogen (secondary N) is 1. The molecule has 0 aliphatic rings. The molecule has 1 atom stereocenters. The molecule has 0 aromatic carbocycles. The van der Waals surface area contributed by atoms with E-state index in [0.717, 1.165) is 0 Å². The fourth-order valence-corrected chi connectivity index (χ4v) is 3.14. The summed E-state index contributed by atoms with van der Waals surface area (Å²) in [4.78, 5) is 3.96. The Morgan fingerprint density at radius 3 is 2.80 bits per heavy atom. The summed E-state index contributed by atoms with van der Waals surface area (Å²) in [5.41, 5.74) is 0.481. The van der Waals surface area contributed by atoms with Crippen LogP contribution in [-0.2, 0) is 10.0 Å². The van der Waals surface area contributed by atoms with Gasteiger partial charge in [0.05, 0.1) is 17.6 Å². The van der Waals surface area contributed by atoms with Crippen molar-refractivity contribution in [2.24, 2.45) is 0 Å². The van der Waals surface area contributed by atoms with Crippen LogP contribution in [0.15, 0.2) is 5.38 Å². The zero-order valence-corrected chi connectivity index (χ0v) is 10.2. The molecule has 0 bridgehead atoms. The van der Waals surface area contributed by atoms with Crippen molar-refractivity contribution in [3.8, 4) is 0 Å². The third kappa shape index (κ3) is 3.77. The van der Waals surface area contributed by atoms with E-state index in [1.807, 2.05) is 0 Å². The highest BCUT2D eigenvalue weighted by molar-refractivity contribution is 7.92. The summed E-state index contributed by atoms with van der Waals surface area (Å²) in [7, 11) is -3.28. The van der Waals surface area contributed by atoms with Gasteiger partial charge in [-0.3, -0.25) is 4.72 Å². The van der Waals surface area contributed by atoms with E-state index in [0.29, 0.717) is 17.2 Å². The Kier molecular flexibility index (Phi) is 4.06. The molecule has 1 unspecified atom stereocenters. The van der Waals surface area contributed by atoms with Crippen LogP contribution in [-0.4, -0.2) is 24.3 Å². The van der Waals surface area contributed by atoms with E-state index in [1.165, 1.54) is 11.3 Å². The fourth-order valence-electron chi connectivity index (χ4n) is 0.978. The normalized spacial score (nSPS) is 13.8. The van der Waals surface area contributed by atoms with E-state index in [2.05, 4.69) is 9.71 Å². The minimum atomic E-state index is -3.28. The maximum absolute atomic E-state index is 11.4. The zero-order valence-electron chi connectivity index (χ0n) is 8.60. The topological polar surface area (TPSA) is 79.3 Å². The second-order valence-corrected chi connectivity index (χ2v) is 5.87. The van der Waals surface area contributed by atoms with Crippen molar-refractivity contribution in [3.63, 3.8) is 0 Å². The van der Waals surface area contributed by atoms with Crippen LogP contribution >= 0.6 is 11.3 Å². The molecular weight excluding hydrogens is 236 g/mol. The quantitative estimate of drug-likeness (QED) is 0.826. The average molecular weight is 250 g/mol. The predicted octanol–water partition coefficient (Wildman–Crippen LogP) is 1.35. The van der Waals surface area contributed by atoms with Crippen LogP contribution in [0.25, 0.3) is 0 Å². The Morgan fingerprint density at radius 2 is 2.33 bits per heavy atom. The molecule has 7 heteroatoms. The summed E-state index contributed by atoms with van der Waals surface area (Å²) < 4.78 is 25.1. The first kappa shape index (κ1) is 12.4. The van der Waals surface area contributed by atoms with Crippen LogP contribution in [0.4, 0.5) is 5.13 Å². The van der Waals surface area contributed by atoms with Crippen molar-refractivity contribution in [2.75, 3.05) is 10.5 Å². The maximum atomic E-state index is 11.4. The molecule has 0 spiro atoms. The first-order chi connectivity index (χ1) is 6.94. The standard InChI is InChI=1S/C8H14N2O3S2/c1-3-4-15(12,13)10-8-9-7(5-14-8)6(2)11/h5-6,11H,3-4H2,1-2H3,(H,9,10). The van der Waals surface area contributed by atoms with E-state index in [1.54, 1.807) is 19.2 Å². The number of aliphatic hydroxyl groups excluding tert-OH is 1. The van der Waals surface area contributed by atoms with Crippen molar-refractivity contribution in [1.82, 2.24) is 4.98 Å². The number of nitrogens with zero attached hydrogens (tertiary/aromatic N) is 1. The molecule has 86 valence electrons. The van der Waals surface area contributed by atoms with Gasteiger partial charge in [-0.15, -0.1) is 11.3 Å². The number of anilines is 1. The summed E-state index contributed by atoms with van der Waals surface area (Å²) in [5, 5.41) is 11.1. The minimum absolute atomic E-state index is 0.0800. The highest BCUT2D eigenvalue weighted by atomic mass is 32.2. The molecule has 0 aliphatic carbocycles. The number of hydrogen-bond acceptors (Lipinski definition) is 5. The average Bonchev–Trinajstić information content (AvgIpc) is 2.51. The van der Waals surface area contributed by atoms with Crippen molar-refractivity contribution in [1.29, 1.82) is 0 Å². The lowest BCUT2D eigenvalue weighted by atomic mass is 10.3. The molecule has 1 rings (SSSR count). The Hall–Kier alpha value is -0.660. The lowest BCUT2D eigenvalue weighted by Gasteiger charge is -2.02. The van der Waals surface area contributed by atoms with Gasteiger partial charge in [0, 0.05) is 5.38 Å². The molecule has 0 aliphatic heterocycles. The monoisotopic (exact) mass is 250 g/mol. The number of hydrogen-bond donors (Lipinski definition) is 2. The summed E-state index contributed by atoms with van der Waals surface area (Å²) >= 11 is 1.17. The van der Waals surface area contributed by atoms with Gasteiger partial charge in [-0.1, -0.05) is 6.92 Å². The van der Waals surface area contributed by atoms with Crippen LogP contribution in [0.1, 0.15) is 32.1 Å². The fraction of sp³-hybridized carbons (Fsp3) is 0.625. The van der Waals surface area contributed by atoms with E-state index in [-0.39, 0.29) is 5.75 Å². The van der Waals surface area contributed by atoms with Crippen molar-refractivity contribution in [2.45, 2.75) is 26.4 Å². The maximum Gasteiger partial charge on any atom is 0.234 e. The third-order valence-corrected chi connectivity index (χ3v) is 4.02. The number of thiazole rings is 1. The number of aliphatic hydroxyl groups is 1. The summed E-state index contributed by atoms with van der Waals surface area (Å²) in [5.74, 6) is 0.0800. The van der Waals surface area contributed by atoms with Gasteiger partial charge < -0.3 is 5.11 Å². The Bertz CT molecular complexity index is 411. The molecule has 0 saturated heterocycles. The van der Waals surface area contributed by atoms with Gasteiger partial charge in [-0.2, -0.15) is 0 Å². The largest absolute Gasteiger partial charge is 0.387 e. The Balaban J connectivity index is 2.73. The van der Waals surface area contributed by atoms with Gasteiger partial charge in [0.25, 0.3) is 0 Å². The second kappa shape index (κ2) is 4.91. The number of sulfonamides is 1. The SMILES string of the molecule is CCCS(=O)(=O)Nc1nc(C(C)O)cs1. The smallest absolute Gasteiger partial charge is 0.234 e. The highest BCUT2D eigenvalue weighted by Crippen LogP contribution is 2.21. The summed E-state index contributed by atoms with van der Waals surface area (Å²) in [6, 6.07) is 0. The van der Waals surface area contributed by atoms with Crippen LogP contribution in [0.3, 0.4) is 0 Å². The van der Waals surface area contributed by atoms with Gasteiger partial charge in [0.15, 0.2) is 5.13 Å². The van der Waals surface area contributed by atoms with Gasteiger partial charge in [-0.25, -0.2) is 13.4 Å². The van der Waals surface area contributed by atoms with E-state index >= 15 is 0 Å². The van der Waals surface area contributed by atoms with Gasteiger partial charge >= 0.3 is 0 Å². The Labute approximate surface area is 93.2 Å². The third-order valence-electron chi connectivity index (χ3n) is 1.67. The molecule has 0 fully saturated rings. The zero-order chi connectivity index (χ0) is 11.5. The number of rotatable bonds is 5. The van der Waals surface area contributed by atoms with Crippen LogP contribution in [0.5, 0.6) is 0 Å². The molecule has 15 heavy (non-hydrogen) atoms. The van der Waals surface area contributed by atoms with E-state index in [4.69, 9.17) is 0 Å². The molecule has 0 amide bonds. The van der Waals surface area contributed by atoms with Gasteiger partial charge in [0.2, 0.25) is 10.0 Å². The Morgan fingerprint density at radius 1 is 1.67 bits per heavy atom. The van der Waals surface area contributed by atoms with Crippen molar-refractivity contribution < 1.29 is 13.5 Å². The lowest BCUT2D eigenvalue weighted by molar-refractivity contribution is 0.195. The first-order valence-electron chi connectivity index (χ1n) is 4.58. The lowest BCUT2D eigenvalue weighted by Crippen LogP contribution is -2.15. The molecule has 1 aromatic heterocycles. The minimum Gasteiger partial charge on any atom is -0.387 e. The van der Waals surface area contributed by atoms with E-state index < -0.39 is 16.1 Å². The van der Waals surface area contributed by atoms with Crippen LogP contribution in [0, 0.1) is 0 Å². The predicted molar refractivity (Wildman–Crippen MR) is 60.4 cm³/mol. The number of aromatic nitrogens is 1. The summed E-state index contributed by atoms with van der Waals surface area (Å²) in [6.07, 6.45) is -0.116. The van der Waals surface area contributed by atoms with Crippen molar-refractivity contribution in [3.05, 3.63) is 11.1 Å². The molecule has 5 nitrogen and oxygen atoms in total. The van der Waals surface area contributed by atoms with Crippen LogP contribution in [0.2, 0.25) is 0 Å². The second-order valence-electron chi connectivity index (χ2n) is 3.17. The molecular formula is C8H14N2O3S2. The van der Waals surface area contributed by atoms with E-state index in [9.17, 15) is 13.5 Å². The molecule has 1 aromatic rings. The van der Waals surface area contributed by atoms with Gasteiger partial charge in [-0.05, 0) is 13.3 Å². The molecule has 0 radical (unpaired) electrons. The van der Waals surface area contributed by atoms with Crippen molar-refractivity contribution >= 4 is 26.5 Å². The summed E-state index contributed by atoms with van der Waals surface area (Å²) in [6.45, 7) is 3.38. The highest BCUT2D eigenvalue weighted by Gasteiger charge is 2.12. The first-order valence-corrected chi connectivity index (χ1v) is 7.12.